The number of aromatic amines is 1. The number of H-pyrrole nitrogens is 1. The van der Waals surface area contributed by atoms with Gasteiger partial charge in [-0.15, -0.1) is 0 Å². The van der Waals surface area contributed by atoms with E-state index in [4.69, 9.17) is 21.4 Å². The largest absolute Gasteiger partial charge is 0.496 e. The first-order valence-corrected chi connectivity index (χ1v) is 10.4. The third-order valence-electron chi connectivity index (χ3n) is 4.64. The van der Waals surface area contributed by atoms with Gasteiger partial charge in [0, 0.05) is 38.3 Å². The molecule has 0 fully saturated rings. The van der Waals surface area contributed by atoms with Crippen LogP contribution in [0.2, 0.25) is 5.02 Å². The summed E-state index contributed by atoms with van der Waals surface area (Å²) in [5.74, 6) is -0.595. The van der Waals surface area contributed by atoms with Gasteiger partial charge in [0.25, 0.3) is 5.91 Å². The number of fused-ring (bicyclic) bond motifs is 1. The Kier molecular flexibility index (Phi) is 5.88. The summed E-state index contributed by atoms with van der Waals surface area (Å²) in [5, 5.41) is 13.3. The minimum atomic E-state index is -1.02. The molecule has 3 N–H and O–H groups in total. The summed E-state index contributed by atoms with van der Waals surface area (Å²) < 4.78 is 5.42. The Morgan fingerprint density at radius 2 is 1.74 bits per heavy atom. The minimum absolute atomic E-state index is 0.157. The lowest BCUT2D eigenvalue weighted by Crippen LogP contribution is -2.11. The number of aromatic carboxylic acids is 1. The number of hydrogen-bond donors (Lipinski definition) is 3. The van der Waals surface area contributed by atoms with Crippen LogP contribution < -0.4 is 10.1 Å². The Morgan fingerprint density at radius 3 is 2.45 bits per heavy atom. The number of methoxy groups -OCH3 is 1. The highest BCUT2D eigenvalue weighted by atomic mass is 35.5. The Balaban J connectivity index is 1.60. The zero-order valence-corrected chi connectivity index (χ0v) is 17.9. The van der Waals surface area contributed by atoms with Crippen LogP contribution in [0.4, 0.5) is 5.69 Å². The summed E-state index contributed by atoms with van der Waals surface area (Å²) in [6, 6.07) is 16.8. The van der Waals surface area contributed by atoms with Crippen molar-refractivity contribution in [3.05, 3.63) is 83.0 Å². The average molecular weight is 453 g/mol. The molecule has 0 spiro atoms. The molecule has 8 heteroatoms. The van der Waals surface area contributed by atoms with Crippen molar-refractivity contribution in [3.63, 3.8) is 0 Å². The van der Waals surface area contributed by atoms with Gasteiger partial charge in [-0.3, -0.25) is 4.79 Å². The Morgan fingerprint density at radius 1 is 1.00 bits per heavy atom. The number of benzene rings is 3. The molecule has 0 aliphatic rings. The summed E-state index contributed by atoms with van der Waals surface area (Å²) in [6.07, 6.45) is 1.88. The molecule has 0 atom stereocenters. The van der Waals surface area contributed by atoms with Crippen molar-refractivity contribution in [1.29, 1.82) is 0 Å². The highest BCUT2D eigenvalue weighted by Gasteiger charge is 2.13. The first kappa shape index (κ1) is 20.8. The summed E-state index contributed by atoms with van der Waals surface area (Å²) >= 11 is 7.63. The Bertz CT molecular complexity index is 1280. The van der Waals surface area contributed by atoms with E-state index < -0.39 is 5.97 Å². The highest BCUT2D eigenvalue weighted by molar-refractivity contribution is 7.99. The van der Waals surface area contributed by atoms with E-state index in [1.54, 1.807) is 31.4 Å². The van der Waals surface area contributed by atoms with Crippen LogP contribution in [0.3, 0.4) is 0 Å². The maximum absolute atomic E-state index is 12.7. The zero-order chi connectivity index (χ0) is 22.0. The maximum atomic E-state index is 12.7. The van der Waals surface area contributed by atoms with E-state index in [1.807, 2.05) is 30.5 Å². The van der Waals surface area contributed by atoms with Crippen LogP contribution in [0.15, 0.2) is 76.7 Å². The number of carboxylic acid groups (broad SMARTS) is 1. The van der Waals surface area contributed by atoms with Crippen molar-refractivity contribution >= 4 is 51.8 Å². The number of amides is 1. The fraction of sp³-hybridized carbons (Fsp3) is 0.0435. The quantitative estimate of drug-likeness (QED) is 0.337. The number of hydrogen-bond acceptors (Lipinski definition) is 4. The number of anilines is 1. The van der Waals surface area contributed by atoms with Gasteiger partial charge in [-0.1, -0.05) is 23.4 Å². The van der Waals surface area contributed by atoms with Crippen LogP contribution in [0, 0.1) is 0 Å². The molecule has 0 saturated carbocycles. The normalized spacial score (nSPS) is 10.8. The second-order valence-electron chi connectivity index (χ2n) is 6.65. The van der Waals surface area contributed by atoms with Gasteiger partial charge >= 0.3 is 5.97 Å². The molecule has 3 aromatic carbocycles. The fourth-order valence-electron chi connectivity index (χ4n) is 3.07. The van der Waals surface area contributed by atoms with Gasteiger partial charge in [-0.05, 0) is 60.7 Å². The second-order valence-corrected chi connectivity index (χ2v) is 8.17. The summed E-state index contributed by atoms with van der Waals surface area (Å²) in [4.78, 5) is 28.7. The van der Waals surface area contributed by atoms with Crippen LogP contribution in [-0.4, -0.2) is 29.1 Å². The third kappa shape index (κ3) is 4.52. The Hall–Kier alpha value is -3.42. The predicted octanol–water partition coefficient (Wildman–Crippen LogP) is 5.93. The molecular formula is C23H17ClN2O4S. The van der Waals surface area contributed by atoms with Crippen molar-refractivity contribution < 1.29 is 19.4 Å². The number of carboxylic acids is 1. The first-order valence-electron chi connectivity index (χ1n) is 9.22. The van der Waals surface area contributed by atoms with Crippen LogP contribution in [0.1, 0.15) is 20.7 Å². The summed E-state index contributed by atoms with van der Waals surface area (Å²) in [6.45, 7) is 0. The fourth-order valence-corrected chi connectivity index (χ4v) is 4.38. The van der Waals surface area contributed by atoms with Gasteiger partial charge in [0.2, 0.25) is 0 Å². The summed E-state index contributed by atoms with van der Waals surface area (Å²) in [7, 11) is 1.61. The van der Waals surface area contributed by atoms with Crippen molar-refractivity contribution in [2.45, 2.75) is 9.79 Å². The second kappa shape index (κ2) is 8.75. The lowest BCUT2D eigenvalue weighted by Gasteiger charge is -2.09. The number of carbonyl (C=O) groups excluding carboxylic acids is 1. The number of rotatable bonds is 6. The average Bonchev–Trinajstić information content (AvgIpc) is 3.16. The molecule has 0 aliphatic carbocycles. The first-order chi connectivity index (χ1) is 14.9. The highest BCUT2D eigenvalue weighted by Crippen LogP contribution is 2.40. The van der Waals surface area contributed by atoms with E-state index in [0.717, 1.165) is 20.7 Å². The molecule has 0 saturated heterocycles. The minimum Gasteiger partial charge on any atom is -0.496 e. The van der Waals surface area contributed by atoms with E-state index in [-0.39, 0.29) is 11.5 Å². The van der Waals surface area contributed by atoms with E-state index in [9.17, 15) is 9.59 Å². The van der Waals surface area contributed by atoms with Crippen LogP contribution in [-0.2, 0) is 0 Å². The molecule has 0 radical (unpaired) electrons. The van der Waals surface area contributed by atoms with Gasteiger partial charge in [-0.25, -0.2) is 4.79 Å². The predicted molar refractivity (Wildman–Crippen MR) is 122 cm³/mol. The lowest BCUT2D eigenvalue weighted by atomic mass is 10.1. The van der Waals surface area contributed by atoms with Crippen molar-refractivity contribution in [1.82, 2.24) is 4.98 Å². The Labute approximate surface area is 187 Å². The standard InChI is InChI=1S/C23H17ClN2O4S/c1-30-19-9-5-15(24)11-20(19)31-21-12-25-18-8-4-14(10-17(18)21)22(27)26-16-6-2-13(3-7-16)23(28)29/h2-12,25H,1H3,(H,26,27)(H,28,29). The van der Waals surface area contributed by atoms with Gasteiger partial charge in [-0.2, -0.15) is 0 Å². The number of carbonyl (C=O) groups is 2. The van der Waals surface area contributed by atoms with E-state index >= 15 is 0 Å². The number of halogens is 1. The number of nitrogens with one attached hydrogen (secondary N) is 2. The maximum Gasteiger partial charge on any atom is 0.335 e. The molecular weight excluding hydrogens is 436 g/mol. The van der Waals surface area contributed by atoms with Gasteiger partial charge < -0.3 is 20.1 Å². The van der Waals surface area contributed by atoms with Crippen LogP contribution in [0.25, 0.3) is 10.9 Å². The van der Waals surface area contributed by atoms with Gasteiger partial charge in [0.1, 0.15) is 5.75 Å². The molecule has 1 heterocycles. The topological polar surface area (TPSA) is 91.4 Å². The van der Waals surface area contributed by atoms with Gasteiger partial charge in [0.05, 0.1) is 17.6 Å². The van der Waals surface area contributed by atoms with Crippen molar-refractivity contribution in [2.24, 2.45) is 0 Å². The summed E-state index contributed by atoms with van der Waals surface area (Å²) in [5.41, 5.74) is 2.05. The number of aromatic nitrogens is 1. The third-order valence-corrected chi connectivity index (χ3v) is 5.97. The van der Waals surface area contributed by atoms with Crippen molar-refractivity contribution in [3.8, 4) is 5.75 Å². The molecule has 1 amide bonds. The van der Waals surface area contributed by atoms with Crippen LogP contribution in [0.5, 0.6) is 5.75 Å². The molecule has 156 valence electrons. The van der Waals surface area contributed by atoms with Gasteiger partial charge in [0.15, 0.2) is 0 Å². The molecule has 4 rings (SSSR count). The molecule has 0 bridgehead atoms. The molecule has 1 aromatic heterocycles. The molecule has 4 aromatic rings. The monoisotopic (exact) mass is 452 g/mol. The molecule has 6 nitrogen and oxygen atoms in total. The SMILES string of the molecule is COc1ccc(Cl)cc1Sc1c[nH]c2ccc(C(=O)Nc3ccc(C(=O)O)cc3)cc12. The van der Waals surface area contributed by atoms with E-state index in [0.29, 0.717) is 22.0 Å². The smallest absolute Gasteiger partial charge is 0.335 e. The molecule has 0 aliphatic heterocycles. The van der Waals surface area contributed by atoms with E-state index in [1.165, 1.54) is 23.9 Å². The molecule has 0 unspecified atom stereocenters. The van der Waals surface area contributed by atoms with E-state index in [2.05, 4.69) is 10.3 Å². The van der Waals surface area contributed by atoms with Crippen molar-refractivity contribution in [2.75, 3.05) is 12.4 Å². The zero-order valence-electron chi connectivity index (χ0n) is 16.3. The van der Waals surface area contributed by atoms with Crippen LogP contribution >= 0.6 is 23.4 Å². The number of ether oxygens (including phenoxy) is 1. The lowest BCUT2D eigenvalue weighted by molar-refractivity contribution is 0.0696. The molecule has 31 heavy (non-hydrogen) atoms.